The van der Waals surface area contributed by atoms with Crippen molar-refractivity contribution in [2.45, 2.75) is 26.2 Å². The lowest BCUT2D eigenvalue weighted by Crippen LogP contribution is -2.23. The summed E-state index contributed by atoms with van der Waals surface area (Å²) in [5.74, 6) is 2.58. The van der Waals surface area contributed by atoms with Crippen LogP contribution in [-0.4, -0.2) is 27.4 Å². The Bertz CT molecular complexity index is 1330. The van der Waals surface area contributed by atoms with Gasteiger partial charge in [-0.15, -0.1) is 6.42 Å². The normalized spacial score (nSPS) is 12.1. The average Bonchev–Trinajstić information content (AvgIpc) is 2.76. The van der Waals surface area contributed by atoms with Crippen LogP contribution in [-0.2, 0) is 0 Å². The molecule has 10 heteroatoms. The molecule has 0 unspecified atom stereocenters. The van der Waals surface area contributed by atoms with Gasteiger partial charge in [-0.25, -0.2) is 4.98 Å². The van der Waals surface area contributed by atoms with Crippen LogP contribution in [0.4, 0.5) is 5.69 Å². The molecule has 0 bridgehead atoms. The van der Waals surface area contributed by atoms with E-state index in [0.29, 0.717) is 16.7 Å². The number of fused-ring (bicyclic) bond motifs is 1. The SMILES string of the molecule is C#CCOc1c(C=Nn2c([C@H](C)CC)nc3ccc(Br)cc3c2=O)cc(Cl)cc1[N+](=O)[O-]. The molecule has 8 nitrogen and oxygen atoms in total. The van der Waals surface area contributed by atoms with Gasteiger partial charge in [0.2, 0.25) is 5.75 Å². The van der Waals surface area contributed by atoms with E-state index in [1.807, 2.05) is 19.9 Å². The molecule has 0 saturated heterocycles. The maximum Gasteiger partial charge on any atom is 0.313 e. The van der Waals surface area contributed by atoms with Gasteiger partial charge < -0.3 is 4.74 Å². The van der Waals surface area contributed by atoms with E-state index in [1.165, 1.54) is 17.0 Å². The van der Waals surface area contributed by atoms with Gasteiger partial charge in [-0.3, -0.25) is 14.9 Å². The molecule has 32 heavy (non-hydrogen) atoms. The molecule has 1 heterocycles. The molecular weight excluding hydrogens is 500 g/mol. The second-order valence-corrected chi connectivity index (χ2v) is 8.25. The molecule has 1 atom stereocenters. The van der Waals surface area contributed by atoms with Crippen molar-refractivity contribution >= 4 is 50.3 Å². The first-order valence-corrected chi connectivity index (χ1v) is 10.7. The van der Waals surface area contributed by atoms with Crippen LogP contribution in [0.2, 0.25) is 5.02 Å². The van der Waals surface area contributed by atoms with E-state index >= 15 is 0 Å². The molecule has 3 rings (SSSR count). The monoisotopic (exact) mass is 516 g/mol. The Kier molecular flexibility index (Phi) is 7.28. The van der Waals surface area contributed by atoms with Gasteiger partial charge in [0.25, 0.3) is 5.56 Å². The molecule has 0 aliphatic carbocycles. The summed E-state index contributed by atoms with van der Waals surface area (Å²) in [6.07, 6.45) is 7.25. The third-order valence-corrected chi connectivity index (χ3v) is 5.47. The van der Waals surface area contributed by atoms with E-state index in [9.17, 15) is 14.9 Å². The molecule has 0 fully saturated rings. The van der Waals surface area contributed by atoms with Gasteiger partial charge in [0.15, 0.2) is 0 Å². The first kappa shape index (κ1) is 23.4. The lowest BCUT2D eigenvalue weighted by Gasteiger charge is -2.14. The van der Waals surface area contributed by atoms with Crippen LogP contribution in [0, 0.1) is 22.5 Å². The number of nitro groups is 1. The Morgan fingerprint density at radius 1 is 1.44 bits per heavy atom. The van der Waals surface area contributed by atoms with E-state index in [2.05, 4.69) is 31.9 Å². The van der Waals surface area contributed by atoms with Crippen molar-refractivity contribution in [3.05, 3.63) is 71.7 Å². The number of aromatic nitrogens is 2. The summed E-state index contributed by atoms with van der Waals surface area (Å²) in [5.41, 5.74) is 0.0295. The maximum atomic E-state index is 13.2. The van der Waals surface area contributed by atoms with E-state index in [1.54, 1.807) is 12.1 Å². The predicted molar refractivity (Wildman–Crippen MR) is 128 cm³/mol. The molecule has 0 aliphatic rings. The second-order valence-electron chi connectivity index (χ2n) is 6.90. The fourth-order valence-corrected chi connectivity index (χ4v) is 3.58. The summed E-state index contributed by atoms with van der Waals surface area (Å²) < 4.78 is 7.32. The number of ether oxygens (including phenoxy) is 1. The van der Waals surface area contributed by atoms with Crippen molar-refractivity contribution in [3.8, 4) is 18.1 Å². The number of hydrogen-bond donors (Lipinski definition) is 0. The van der Waals surface area contributed by atoms with Crippen molar-refractivity contribution in [1.82, 2.24) is 9.66 Å². The number of nitro benzene ring substituents is 1. The summed E-state index contributed by atoms with van der Waals surface area (Å²) in [4.78, 5) is 28.7. The zero-order chi connectivity index (χ0) is 23.4. The fourth-order valence-electron chi connectivity index (χ4n) is 3.00. The second kappa shape index (κ2) is 9.94. The number of benzene rings is 2. The van der Waals surface area contributed by atoms with Crippen molar-refractivity contribution in [3.63, 3.8) is 0 Å². The van der Waals surface area contributed by atoms with Gasteiger partial charge in [-0.1, -0.05) is 47.3 Å². The molecule has 0 N–H and O–H groups in total. The minimum atomic E-state index is -0.624. The highest BCUT2D eigenvalue weighted by Crippen LogP contribution is 2.33. The fraction of sp³-hybridized carbons (Fsp3) is 0.227. The minimum absolute atomic E-state index is 0.0706. The van der Waals surface area contributed by atoms with E-state index in [0.717, 1.165) is 17.0 Å². The van der Waals surface area contributed by atoms with Crippen molar-refractivity contribution in [2.75, 3.05) is 6.61 Å². The smallest absolute Gasteiger partial charge is 0.313 e. The molecule has 2 aromatic carbocycles. The summed E-state index contributed by atoms with van der Waals surface area (Å²) in [7, 11) is 0. The Morgan fingerprint density at radius 3 is 2.84 bits per heavy atom. The van der Waals surface area contributed by atoms with E-state index < -0.39 is 4.92 Å². The number of halogens is 2. The maximum absolute atomic E-state index is 13.2. The highest BCUT2D eigenvalue weighted by molar-refractivity contribution is 9.10. The third kappa shape index (κ3) is 4.82. The van der Waals surface area contributed by atoms with Crippen LogP contribution < -0.4 is 10.3 Å². The molecule has 164 valence electrons. The Balaban J connectivity index is 2.24. The Hall–Kier alpha value is -3.22. The van der Waals surface area contributed by atoms with Gasteiger partial charge in [0.1, 0.15) is 12.4 Å². The minimum Gasteiger partial charge on any atom is -0.473 e. The van der Waals surface area contributed by atoms with Crippen molar-refractivity contribution < 1.29 is 9.66 Å². The first-order valence-electron chi connectivity index (χ1n) is 9.57. The highest BCUT2D eigenvalue weighted by atomic mass is 79.9. The first-order chi connectivity index (χ1) is 15.3. The molecular formula is C22H18BrClN4O4. The zero-order valence-electron chi connectivity index (χ0n) is 17.2. The molecule has 0 spiro atoms. The van der Waals surface area contributed by atoms with Gasteiger partial charge in [0, 0.05) is 27.0 Å². The molecule has 0 aliphatic heterocycles. The van der Waals surface area contributed by atoms with Gasteiger partial charge >= 0.3 is 5.69 Å². The molecule has 3 aromatic rings. The predicted octanol–water partition coefficient (Wildman–Crippen LogP) is 5.13. The number of nitrogens with zero attached hydrogens (tertiary/aromatic N) is 4. The summed E-state index contributed by atoms with van der Waals surface area (Å²) >= 11 is 9.43. The van der Waals surface area contributed by atoms with Crippen molar-refractivity contribution in [2.24, 2.45) is 5.10 Å². The average molecular weight is 518 g/mol. The largest absolute Gasteiger partial charge is 0.473 e. The van der Waals surface area contributed by atoms with Gasteiger partial charge in [-0.2, -0.15) is 9.78 Å². The molecule has 1 aromatic heterocycles. The number of terminal acetylenes is 1. The van der Waals surface area contributed by atoms with Crippen molar-refractivity contribution in [1.29, 1.82) is 0 Å². The highest BCUT2D eigenvalue weighted by Gasteiger charge is 2.21. The lowest BCUT2D eigenvalue weighted by molar-refractivity contribution is -0.385. The zero-order valence-corrected chi connectivity index (χ0v) is 19.6. The number of rotatable bonds is 7. The van der Waals surface area contributed by atoms with Crippen LogP contribution in [0.1, 0.15) is 37.6 Å². The summed E-state index contributed by atoms with van der Waals surface area (Å²) in [5, 5.41) is 16.3. The summed E-state index contributed by atoms with van der Waals surface area (Å²) in [6, 6.07) is 7.85. The third-order valence-electron chi connectivity index (χ3n) is 4.76. The van der Waals surface area contributed by atoms with Crippen LogP contribution in [0.3, 0.4) is 0 Å². The Labute approximate surface area is 197 Å². The Morgan fingerprint density at radius 2 is 2.19 bits per heavy atom. The topological polar surface area (TPSA) is 99.6 Å². The van der Waals surface area contributed by atoms with Crippen LogP contribution in [0.25, 0.3) is 10.9 Å². The quantitative estimate of drug-likeness (QED) is 0.187. The van der Waals surface area contributed by atoms with Crippen LogP contribution in [0.15, 0.2) is 44.7 Å². The van der Waals surface area contributed by atoms with Gasteiger partial charge in [-0.05, 0) is 30.7 Å². The molecule has 0 radical (unpaired) electrons. The van der Waals surface area contributed by atoms with Gasteiger partial charge in [0.05, 0.1) is 22.0 Å². The van der Waals surface area contributed by atoms with E-state index in [4.69, 9.17) is 22.8 Å². The standard InChI is InChI=1S/C22H18BrClN4O4/c1-4-8-32-20-14(9-16(24)11-19(20)28(30)31)12-25-27-21(13(3)5-2)26-18-7-6-15(23)10-17(18)22(27)29/h1,6-7,9-13H,5,8H2,2-3H3/t13-/m1/s1. The van der Waals surface area contributed by atoms with Crippen LogP contribution in [0.5, 0.6) is 5.75 Å². The van der Waals surface area contributed by atoms with E-state index in [-0.39, 0.29) is 40.1 Å². The van der Waals surface area contributed by atoms with Crippen LogP contribution >= 0.6 is 27.5 Å². The lowest BCUT2D eigenvalue weighted by atomic mass is 10.1. The molecule has 0 saturated carbocycles. The molecule has 0 amide bonds. The summed E-state index contributed by atoms with van der Waals surface area (Å²) in [6.45, 7) is 3.72. The number of hydrogen-bond acceptors (Lipinski definition) is 6.